The lowest BCUT2D eigenvalue weighted by Gasteiger charge is -2.21. The predicted molar refractivity (Wildman–Crippen MR) is 437 cm³/mol. The van der Waals surface area contributed by atoms with Gasteiger partial charge in [0.25, 0.3) is 0 Å². The van der Waals surface area contributed by atoms with Crippen LogP contribution in [-0.2, 0) is 65.4 Å². The lowest BCUT2D eigenvalue weighted by Crippen LogP contribution is -2.30. The molecule has 0 amide bonds. The summed E-state index contributed by atoms with van der Waals surface area (Å²) in [5, 5.41) is 10.6. The van der Waals surface area contributed by atoms with Gasteiger partial charge in [-0.15, -0.1) is 0 Å². The molecule has 0 aliphatic rings. The van der Waals surface area contributed by atoms with Crippen LogP contribution in [0.15, 0.2) is 24.3 Å². The highest BCUT2D eigenvalue weighted by Gasteiger charge is 2.30. The molecular formula is C87H166O17P2. The summed E-state index contributed by atoms with van der Waals surface area (Å²) in [6, 6.07) is 0. The first kappa shape index (κ1) is 104. The van der Waals surface area contributed by atoms with Gasteiger partial charge in [-0.2, -0.15) is 0 Å². The van der Waals surface area contributed by atoms with E-state index in [4.69, 9.17) is 37.0 Å². The maximum atomic E-state index is 13.1. The molecule has 17 nitrogen and oxygen atoms in total. The van der Waals surface area contributed by atoms with Crippen molar-refractivity contribution in [1.29, 1.82) is 0 Å². The van der Waals surface area contributed by atoms with E-state index < -0.39 is 97.5 Å². The quantitative estimate of drug-likeness (QED) is 0.0169. The van der Waals surface area contributed by atoms with Crippen LogP contribution in [0.25, 0.3) is 0 Å². The first-order valence-corrected chi connectivity index (χ1v) is 47.6. The zero-order valence-corrected chi connectivity index (χ0v) is 70.7. The van der Waals surface area contributed by atoms with Crippen molar-refractivity contribution in [2.24, 2.45) is 0 Å². The van der Waals surface area contributed by atoms with Gasteiger partial charge >= 0.3 is 39.5 Å². The van der Waals surface area contributed by atoms with Crippen molar-refractivity contribution in [1.82, 2.24) is 0 Å². The molecule has 0 rings (SSSR count). The summed E-state index contributed by atoms with van der Waals surface area (Å²) >= 11 is 0. The molecule has 0 aromatic heterocycles. The number of esters is 4. The zero-order valence-electron chi connectivity index (χ0n) is 68.9. The van der Waals surface area contributed by atoms with Gasteiger partial charge in [-0.1, -0.05) is 399 Å². The van der Waals surface area contributed by atoms with Gasteiger partial charge in [0.1, 0.15) is 19.3 Å². The fourth-order valence-electron chi connectivity index (χ4n) is 13.2. The van der Waals surface area contributed by atoms with Crippen molar-refractivity contribution < 1.29 is 80.2 Å². The molecule has 0 aliphatic heterocycles. The fraction of sp³-hybridized carbons (Fsp3) is 0.908. The van der Waals surface area contributed by atoms with Crippen molar-refractivity contribution in [2.75, 3.05) is 39.6 Å². The van der Waals surface area contributed by atoms with E-state index in [-0.39, 0.29) is 25.7 Å². The Morgan fingerprint density at radius 1 is 0.264 bits per heavy atom. The molecular weight excluding hydrogens is 1380 g/mol. The molecule has 0 radical (unpaired) electrons. The van der Waals surface area contributed by atoms with Gasteiger partial charge in [-0.3, -0.25) is 37.3 Å². The Morgan fingerprint density at radius 2 is 0.453 bits per heavy atom. The van der Waals surface area contributed by atoms with Crippen LogP contribution in [-0.4, -0.2) is 96.7 Å². The zero-order chi connectivity index (χ0) is 77.4. The maximum absolute atomic E-state index is 13.1. The van der Waals surface area contributed by atoms with Crippen LogP contribution in [0.4, 0.5) is 0 Å². The van der Waals surface area contributed by atoms with Crippen LogP contribution in [0.5, 0.6) is 0 Å². The summed E-state index contributed by atoms with van der Waals surface area (Å²) in [7, 11) is -9.93. The summed E-state index contributed by atoms with van der Waals surface area (Å²) in [6.45, 7) is 4.94. The Morgan fingerprint density at radius 3 is 0.689 bits per heavy atom. The largest absolute Gasteiger partial charge is 0.472 e. The van der Waals surface area contributed by atoms with Gasteiger partial charge < -0.3 is 33.8 Å². The molecule has 626 valence electrons. The molecule has 0 spiro atoms. The number of ether oxygens (including phenoxy) is 4. The summed E-state index contributed by atoms with van der Waals surface area (Å²) in [5.74, 6) is -2.14. The Kier molecular flexibility index (Phi) is 78.7. The van der Waals surface area contributed by atoms with Crippen molar-refractivity contribution >= 4 is 39.5 Å². The third-order valence-electron chi connectivity index (χ3n) is 20.0. The maximum Gasteiger partial charge on any atom is 0.472 e. The summed E-state index contributed by atoms with van der Waals surface area (Å²) in [4.78, 5) is 73.0. The van der Waals surface area contributed by atoms with Crippen LogP contribution < -0.4 is 0 Å². The summed E-state index contributed by atoms with van der Waals surface area (Å²) in [5.41, 5.74) is 0. The van der Waals surface area contributed by atoms with Crippen LogP contribution >= 0.6 is 15.6 Å². The standard InChI is InChI=1S/C87H166O17P2/c1-5-9-13-17-21-24-27-30-33-35-37-39-41-43-45-48-50-53-56-60-64-68-72-85(90)98-78-83(104-87(92)74-70-66-62-58-55-52-49-46-44-42-40-38-36-34-31-28-25-22-18-14-10-6-2)80-102-106(95,96)100-76-81(88)75-99-105(93,94)101-79-82(77-97-84(89)71-67-63-59-20-16-12-8-4)103-86(91)73-69-65-61-57-54-51-47-32-29-26-23-19-15-11-7-3/h26,29,32,47,81-83,88H,5-25,27-28,30-31,33-46,48-80H2,1-4H3,(H,93,94)(H,95,96)/b29-26-,47-32-/t81-,82+,83+/m0/s1. The smallest absolute Gasteiger partial charge is 0.462 e. The Labute approximate surface area is 650 Å². The molecule has 0 heterocycles. The Balaban J connectivity index is 5.17. The Hall–Kier alpha value is -2.46. The lowest BCUT2D eigenvalue weighted by molar-refractivity contribution is -0.161. The normalized spacial score (nSPS) is 13.8. The minimum absolute atomic E-state index is 0.0854. The van der Waals surface area contributed by atoms with Crippen molar-refractivity contribution in [3.05, 3.63) is 24.3 Å². The number of phosphoric ester groups is 2. The molecule has 0 aromatic carbocycles. The first-order chi connectivity index (χ1) is 51.7. The topological polar surface area (TPSA) is 237 Å². The molecule has 5 atom stereocenters. The minimum atomic E-state index is -4.97. The van der Waals surface area contributed by atoms with Gasteiger partial charge in [0, 0.05) is 25.7 Å². The lowest BCUT2D eigenvalue weighted by atomic mass is 10.0. The second kappa shape index (κ2) is 80.6. The van der Waals surface area contributed by atoms with Crippen LogP contribution in [0.3, 0.4) is 0 Å². The SMILES string of the molecule is CCCCCC/C=C\C=C/CCCCCCCC(=O)O[C@H](COC(=O)CCCCCCCCC)COP(=O)(O)OC[C@H](O)COP(=O)(O)OC[C@@H](COC(=O)CCCCCCCCCCCCCCCCCCCCCCCC)OC(=O)CCCCCCCCCCCCCCCCCCCCCCCC. The van der Waals surface area contributed by atoms with E-state index in [1.165, 1.54) is 257 Å². The minimum Gasteiger partial charge on any atom is -0.462 e. The molecule has 0 saturated carbocycles. The molecule has 3 N–H and O–H groups in total. The first-order valence-electron chi connectivity index (χ1n) is 44.6. The number of allylic oxidation sites excluding steroid dienone is 4. The third kappa shape index (κ3) is 79.6. The number of aliphatic hydroxyl groups excluding tert-OH is 1. The number of aliphatic hydroxyl groups is 1. The highest BCUT2D eigenvalue weighted by Crippen LogP contribution is 2.45. The Bertz CT molecular complexity index is 2090. The van der Waals surface area contributed by atoms with Gasteiger partial charge in [-0.05, 0) is 51.4 Å². The predicted octanol–water partition coefficient (Wildman–Crippen LogP) is 26.5. The second-order valence-corrected chi connectivity index (χ2v) is 33.5. The number of carbonyl (C=O) groups excluding carboxylic acids is 4. The number of rotatable bonds is 86. The van der Waals surface area contributed by atoms with Gasteiger partial charge in [0.05, 0.1) is 26.4 Å². The molecule has 0 aliphatic carbocycles. The van der Waals surface area contributed by atoms with Crippen LogP contribution in [0, 0.1) is 0 Å². The molecule has 2 unspecified atom stereocenters. The third-order valence-corrected chi connectivity index (χ3v) is 21.9. The number of phosphoric acid groups is 2. The number of hydrogen-bond donors (Lipinski definition) is 3. The number of hydrogen-bond acceptors (Lipinski definition) is 15. The molecule has 0 saturated heterocycles. The van der Waals surface area contributed by atoms with E-state index in [1.807, 2.05) is 0 Å². The molecule has 0 aromatic rings. The highest BCUT2D eigenvalue weighted by atomic mass is 31.2. The van der Waals surface area contributed by atoms with Gasteiger partial charge in [-0.25, -0.2) is 9.13 Å². The second-order valence-electron chi connectivity index (χ2n) is 30.6. The van der Waals surface area contributed by atoms with Crippen LogP contribution in [0.1, 0.15) is 451 Å². The number of carbonyl (C=O) groups is 4. The fourth-order valence-corrected chi connectivity index (χ4v) is 14.7. The average Bonchev–Trinajstić information content (AvgIpc) is 0.902. The van der Waals surface area contributed by atoms with Crippen molar-refractivity contribution in [2.45, 2.75) is 470 Å². The molecule has 0 fully saturated rings. The van der Waals surface area contributed by atoms with E-state index in [2.05, 4.69) is 52.0 Å². The van der Waals surface area contributed by atoms with Crippen molar-refractivity contribution in [3.63, 3.8) is 0 Å². The molecule has 19 heteroatoms. The van der Waals surface area contributed by atoms with Gasteiger partial charge in [0.15, 0.2) is 12.2 Å². The van der Waals surface area contributed by atoms with Crippen molar-refractivity contribution in [3.8, 4) is 0 Å². The molecule has 106 heavy (non-hydrogen) atoms. The summed E-state index contributed by atoms with van der Waals surface area (Å²) < 4.78 is 68.7. The molecule has 0 bridgehead atoms. The average molecular weight is 1550 g/mol. The summed E-state index contributed by atoms with van der Waals surface area (Å²) in [6.07, 6.45) is 79.0. The van der Waals surface area contributed by atoms with Gasteiger partial charge in [0.2, 0.25) is 0 Å². The van der Waals surface area contributed by atoms with Crippen LogP contribution in [0.2, 0.25) is 0 Å². The van der Waals surface area contributed by atoms with E-state index >= 15 is 0 Å². The van der Waals surface area contributed by atoms with E-state index in [9.17, 15) is 43.2 Å². The monoisotopic (exact) mass is 1550 g/mol. The van der Waals surface area contributed by atoms with E-state index in [0.29, 0.717) is 25.7 Å². The highest BCUT2D eigenvalue weighted by molar-refractivity contribution is 7.47. The van der Waals surface area contributed by atoms with E-state index in [0.717, 1.165) is 116 Å². The van der Waals surface area contributed by atoms with E-state index in [1.54, 1.807) is 0 Å². The number of unbranched alkanes of at least 4 members (excludes halogenated alkanes) is 57.